The van der Waals surface area contributed by atoms with E-state index in [9.17, 15) is 9.18 Å². The van der Waals surface area contributed by atoms with Crippen LogP contribution in [0, 0.1) is 5.82 Å². The molecule has 0 aliphatic carbocycles. The van der Waals surface area contributed by atoms with Crippen molar-refractivity contribution in [3.63, 3.8) is 0 Å². The fourth-order valence-electron chi connectivity index (χ4n) is 3.06. The molecule has 0 unspecified atom stereocenters. The number of rotatable bonds is 4. The molecule has 2 heterocycles. The number of morpholine rings is 1. The highest BCUT2D eigenvalue weighted by Crippen LogP contribution is 2.35. The number of benzene rings is 2. The van der Waals surface area contributed by atoms with Crippen LogP contribution >= 0.6 is 11.3 Å². The minimum absolute atomic E-state index is 0.0828. The molecule has 134 valence electrons. The number of thiophene rings is 1. The van der Waals surface area contributed by atoms with Gasteiger partial charge < -0.3 is 14.4 Å². The molecule has 0 bridgehead atoms. The smallest absolute Gasteiger partial charge is 0.264 e. The predicted octanol–water partition coefficient (Wildman–Crippen LogP) is 4.09. The van der Waals surface area contributed by atoms with Crippen LogP contribution < -0.4 is 4.74 Å². The lowest BCUT2D eigenvalue weighted by molar-refractivity contribution is 0.0305. The first-order chi connectivity index (χ1) is 12.7. The van der Waals surface area contributed by atoms with Gasteiger partial charge in [0.25, 0.3) is 5.91 Å². The van der Waals surface area contributed by atoms with E-state index in [2.05, 4.69) is 0 Å². The topological polar surface area (TPSA) is 38.8 Å². The van der Waals surface area contributed by atoms with Gasteiger partial charge in [0.2, 0.25) is 0 Å². The Balaban J connectivity index is 1.71. The van der Waals surface area contributed by atoms with Gasteiger partial charge in [-0.05, 0) is 24.3 Å². The maximum absolute atomic E-state index is 14.5. The summed E-state index contributed by atoms with van der Waals surface area (Å²) in [5.74, 6) is 0.278. The summed E-state index contributed by atoms with van der Waals surface area (Å²) in [4.78, 5) is 15.3. The fourth-order valence-corrected chi connectivity index (χ4v) is 4.25. The van der Waals surface area contributed by atoms with Gasteiger partial charge in [-0.15, -0.1) is 11.3 Å². The van der Waals surface area contributed by atoms with Crippen LogP contribution in [0.15, 0.2) is 48.5 Å². The average molecular weight is 371 g/mol. The van der Waals surface area contributed by atoms with Gasteiger partial charge in [0, 0.05) is 28.7 Å². The number of ether oxygens (including phenoxy) is 2. The van der Waals surface area contributed by atoms with Crippen molar-refractivity contribution in [2.45, 2.75) is 6.61 Å². The second-order valence-corrected chi connectivity index (χ2v) is 7.08. The van der Waals surface area contributed by atoms with E-state index >= 15 is 0 Å². The zero-order chi connectivity index (χ0) is 17.9. The van der Waals surface area contributed by atoms with Gasteiger partial charge in [-0.25, -0.2) is 4.39 Å². The number of nitrogens with zero attached hydrogens (tertiary/aromatic N) is 1. The molecule has 1 fully saturated rings. The van der Waals surface area contributed by atoms with Crippen molar-refractivity contribution in [3.05, 3.63) is 64.8 Å². The lowest BCUT2D eigenvalue weighted by Crippen LogP contribution is -2.40. The highest BCUT2D eigenvalue weighted by Gasteiger charge is 2.26. The van der Waals surface area contributed by atoms with E-state index in [1.165, 1.54) is 17.4 Å². The van der Waals surface area contributed by atoms with E-state index in [1.54, 1.807) is 11.0 Å². The van der Waals surface area contributed by atoms with E-state index in [0.717, 1.165) is 4.70 Å². The van der Waals surface area contributed by atoms with Crippen molar-refractivity contribution in [3.8, 4) is 5.75 Å². The molecule has 0 radical (unpaired) electrons. The predicted molar refractivity (Wildman–Crippen MR) is 99.3 cm³/mol. The van der Waals surface area contributed by atoms with E-state index in [-0.39, 0.29) is 18.3 Å². The van der Waals surface area contributed by atoms with Crippen LogP contribution in [0.25, 0.3) is 10.1 Å². The highest BCUT2D eigenvalue weighted by molar-refractivity contribution is 7.21. The van der Waals surface area contributed by atoms with Crippen LogP contribution in [0.1, 0.15) is 15.2 Å². The summed E-state index contributed by atoms with van der Waals surface area (Å²) in [5, 5.41) is 0.477. The Morgan fingerprint density at radius 1 is 1.12 bits per heavy atom. The summed E-state index contributed by atoms with van der Waals surface area (Å²) in [7, 11) is 0. The number of carbonyl (C=O) groups excluding carboxylic acids is 1. The number of amides is 1. The molecule has 0 atom stereocenters. The second-order valence-electron chi connectivity index (χ2n) is 6.03. The third-order valence-electron chi connectivity index (χ3n) is 4.38. The van der Waals surface area contributed by atoms with Gasteiger partial charge in [-0.1, -0.05) is 24.3 Å². The number of fused-ring (bicyclic) bond motifs is 1. The maximum atomic E-state index is 14.5. The van der Waals surface area contributed by atoms with Crippen LogP contribution in [0.5, 0.6) is 5.75 Å². The van der Waals surface area contributed by atoms with Crippen LogP contribution in [-0.2, 0) is 11.3 Å². The first kappa shape index (κ1) is 17.0. The summed E-state index contributed by atoms with van der Waals surface area (Å²) in [6.07, 6.45) is 0. The van der Waals surface area contributed by atoms with Gasteiger partial charge >= 0.3 is 0 Å². The van der Waals surface area contributed by atoms with E-state index < -0.39 is 0 Å². The first-order valence-electron chi connectivity index (χ1n) is 8.49. The SMILES string of the molecule is O=C(c1sc2cccc(F)c2c1COc1ccccc1)N1CCOCC1. The molecule has 0 N–H and O–H groups in total. The molecular weight excluding hydrogens is 353 g/mol. The average Bonchev–Trinajstić information content (AvgIpc) is 3.07. The minimum atomic E-state index is -0.327. The number of hydrogen-bond acceptors (Lipinski definition) is 4. The van der Waals surface area contributed by atoms with E-state index in [0.29, 0.717) is 47.9 Å². The van der Waals surface area contributed by atoms with Crippen molar-refractivity contribution >= 4 is 27.3 Å². The lowest BCUT2D eigenvalue weighted by atomic mass is 10.1. The molecule has 4 rings (SSSR count). The molecule has 26 heavy (non-hydrogen) atoms. The highest BCUT2D eigenvalue weighted by atomic mass is 32.1. The van der Waals surface area contributed by atoms with Crippen molar-refractivity contribution in [1.82, 2.24) is 4.90 Å². The molecule has 2 aromatic carbocycles. The lowest BCUT2D eigenvalue weighted by Gasteiger charge is -2.26. The van der Waals surface area contributed by atoms with Gasteiger partial charge in [0.15, 0.2) is 0 Å². The van der Waals surface area contributed by atoms with Gasteiger partial charge in [0.05, 0.1) is 18.1 Å². The van der Waals surface area contributed by atoms with Crippen LogP contribution in [0.3, 0.4) is 0 Å². The fraction of sp³-hybridized carbons (Fsp3) is 0.250. The van der Waals surface area contributed by atoms with Crippen molar-refractivity contribution in [1.29, 1.82) is 0 Å². The third-order valence-corrected chi connectivity index (χ3v) is 5.57. The molecular formula is C20H18FNO3S. The second kappa shape index (κ2) is 7.43. The summed E-state index contributed by atoms with van der Waals surface area (Å²) in [6.45, 7) is 2.31. The maximum Gasteiger partial charge on any atom is 0.264 e. The zero-order valence-electron chi connectivity index (χ0n) is 14.1. The molecule has 3 aromatic rings. The molecule has 1 aliphatic rings. The summed E-state index contributed by atoms with van der Waals surface area (Å²) < 4.78 is 26.4. The molecule has 6 heteroatoms. The molecule has 1 saturated heterocycles. The van der Waals surface area contributed by atoms with Gasteiger partial charge in [-0.2, -0.15) is 0 Å². The number of hydrogen-bond donors (Lipinski definition) is 0. The first-order valence-corrected chi connectivity index (χ1v) is 9.30. The molecule has 1 aliphatic heterocycles. The van der Waals surface area contributed by atoms with E-state index in [1.807, 2.05) is 36.4 Å². The van der Waals surface area contributed by atoms with E-state index in [4.69, 9.17) is 9.47 Å². The van der Waals surface area contributed by atoms with Gasteiger partial charge in [-0.3, -0.25) is 4.79 Å². The quantitative estimate of drug-likeness (QED) is 0.693. The molecule has 0 spiro atoms. The summed E-state index contributed by atoms with van der Waals surface area (Å²) >= 11 is 1.32. The van der Waals surface area contributed by atoms with Crippen LogP contribution in [0.4, 0.5) is 4.39 Å². The monoisotopic (exact) mass is 371 g/mol. The van der Waals surface area contributed by atoms with Crippen molar-refractivity contribution in [2.75, 3.05) is 26.3 Å². The third kappa shape index (κ3) is 3.30. The normalized spacial score (nSPS) is 14.6. The molecule has 1 aromatic heterocycles. The minimum Gasteiger partial charge on any atom is -0.489 e. The summed E-state index contributed by atoms with van der Waals surface area (Å²) in [6, 6.07) is 14.3. The van der Waals surface area contributed by atoms with Crippen molar-refractivity contribution < 1.29 is 18.7 Å². The Morgan fingerprint density at radius 3 is 2.65 bits per heavy atom. The van der Waals surface area contributed by atoms with Gasteiger partial charge in [0.1, 0.15) is 18.2 Å². The Hall–Kier alpha value is -2.44. The molecule has 4 nitrogen and oxygen atoms in total. The molecule has 1 amide bonds. The van der Waals surface area contributed by atoms with Crippen LogP contribution in [-0.4, -0.2) is 37.1 Å². The number of halogens is 1. The Labute approximate surface area is 154 Å². The Kier molecular flexibility index (Phi) is 4.86. The van der Waals surface area contributed by atoms with Crippen LogP contribution in [0.2, 0.25) is 0 Å². The van der Waals surface area contributed by atoms with Crippen molar-refractivity contribution in [2.24, 2.45) is 0 Å². The zero-order valence-corrected chi connectivity index (χ0v) is 14.9. The number of para-hydroxylation sites is 1. The Morgan fingerprint density at radius 2 is 1.88 bits per heavy atom. The standard InChI is InChI=1S/C20H18FNO3S/c21-16-7-4-8-17-18(16)15(13-25-14-5-2-1-3-6-14)19(26-17)20(23)22-9-11-24-12-10-22/h1-8H,9-13H2. The Bertz CT molecular complexity index is 919. The number of carbonyl (C=O) groups is 1. The largest absolute Gasteiger partial charge is 0.489 e. The molecule has 0 saturated carbocycles. The summed E-state index contributed by atoms with van der Waals surface area (Å²) in [5.41, 5.74) is 0.614.